The maximum Gasteiger partial charge on any atom is 0.308 e. The smallest absolute Gasteiger partial charge is 0.308 e. The minimum atomic E-state index is -0.962. The third-order valence-corrected chi connectivity index (χ3v) is 3.95. The number of rotatable bonds is 7. The summed E-state index contributed by atoms with van der Waals surface area (Å²) in [6.45, 7) is 3.67. The summed E-state index contributed by atoms with van der Waals surface area (Å²) in [4.78, 5) is 21.7. The Morgan fingerprint density at radius 2 is 1.91 bits per heavy atom. The van der Waals surface area contributed by atoms with Crippen molar-refractivity contribution in [3.05, 3.63) is 30.3 Å². The summed E-state index contributed by atoms with van der Waals surface area (Å²) in [7, 11) is 0. The number of benzene rings is 1. The number of aliphatic carboxylic acids is 1. The van der Waals surface area contributed by atoms with Crippen LogP contribution in [-0.4, -0.2) is 46.2 Å². The van der Waals surface area contributed by atoms with Crippen LogP contribution >= 0.6 is 24.4 Å². The number of aliphatic hydroxyl groups is 1. The lowest BCUT2D eigenvalue weighted by atomic mass is 10.1. The van der Waals surface area contributed by atoms with E-state index >= 15 is 0 Å². The lowest BCUT2D eigenvalue weighted by Gasteiger charge is -2.13. The molecule has 0 aliphatic rings. The fourth-order valence-electron chi connectivity index (χ4n) is 1.24. The lowest BCUT2D eigenvalue weighted by Crippen LogP contribution is -2.27. The van der Waals surface area contributed by atoms with Gasteiger partial charge in [-0.05, 0) is 19.1 Å². The van der Waals surface area contributed by atoms with Crippen molar-refractivity contribution in [1.29, 1.82) is 0 Å². The van der Waals surface area contributed by atoms with Crippen LogP contribution in [0.3, 0.4) is 0 Å². The summed E-state index contributed by atoms with van der Waals surface area (Å²) >= 11 is 5.34. The topological polar surface area (TPSA) is 86.6 Å². The van der Waals surface area contributed by atoms with Crippen molar-refractivity contribution < 1.29 is 19.8 Å². The number of carboxylic acid groups (broad SMARTS) is 1. The van der Waals surface area contributed by atoms with Crippen molar-refractivity contribution in [2.75, 3.05) is 18.1 Å². The number of thiol groups is 1. The van der Waals surface area contributed by atoms with Gasteiger partial charge in [-0.1, -0.05) is 18.2 Å². The minimum Gasteiger partial charge on any atom is -0.481 e. The fourth-order valence-corrected chi connectivity index (χ4v) is 2.35. The highest BCUT2D eigenvalue weighted by Crippen LogP contribution is 2.20. The second kappa shape index (κ2) is 12.4. The van der Waals surface area contributed by atoms with Crippen molar-refractivity contribution in [2.24, 2.45) is 5.92 Å². The summed E-state index contributed by atoms with van der Waals surface area (Å²) in [6, 6.07) is 9.61. The molecule has 2 unspecified atom stereocenters. The van der Waals surface area contributed by atoms with Gasteiger partial charge in [-0.3, -0.25) is 9.59 Å². The molecular weight excluding hydrogens is 322 g/mol. The van der Waals surface area contributed by atoms with Crippen molar-refractivity contribution in [1.82, 2.24) is 5.32 Å². The lowest BCUT2D eigenvalue weighted by molar-refractivity contribution is -0.144. The molecule has 7 heteroatoms. The molecule has 0 heterocycles. The Bertz CT molecular complexity index is 442. The molecule has 0 aromatic heterocycles. The third-order valence-electron chi connectivity index (χ3n) is 2.62. The first-order valence-electron chi connectivity index (χ1n) is 6.82. The number of thioether (sulfide) groups is 1. The van der Waals surface area contributed by atoms with E-state index < -0.39 is 18.0 Å². The molecule has 5 nitrogen and oxygen atoms in total. The number of hydrogen-bond donors (Lipinski definition) is 4. The molecule has 0 aliphatic carbocycles. The zero-order valence-corrected chi connectivity index (χ0v) is 14.4. The molecule has 0 saturated carbocycles. The number of carboxylic acids is 1. The van der Waals surface area contributed by atoms with Gasteiger partial charge in [0, 0.05) is 29.9 Å². The molecule has 2 atom stereocenters. The summed E-state index contributed by atoms with van der Waals surface area (Å²) < 4.78 is 0. The SMILES string of the molecule is CC(=O)NCCS.CC(C(=O)O)C(O)CSc1ccccc1. The zero-order chi connectivity index (χ0) is 17.0. The molecule has 0 bridgehead atoms. The predicted octanol–water partition coefficient (Wildman–Crippen LogP) is 1.91. The van der Waals surface area contributed by atoms with Crippen molar-refractivity contribution in [3.63, 3.8) is 0 Å². The molecule has 0 spiro atoms. The largest absolute Gasteiger partial charge is 0.481 e. The molecule has 22 heavy (non-hydrogen) atoms. The van der Waals surface area contributed by atoms with Crippen LogP contribution in [0.15, 0.2) is 35.2 Å². The maximum absolute atomic E-state index is 10.6. The van der Waals surface area contributed by atoms with Gasteiger partial charge >= 0.3 is 5.97 Å². The van der Waals surface area contributed by atoms with Gasteiger partial charge in [-0.2, -0.15) is 12.6 Å². The standard InChI is InChI=1S/C11H14O3S.C4H9NOS/c1-8(11(13)14)10(12)7-15-9-5-3-2-4-6-9;1-4(6)5-2-3-7/h2-6,8,10,12H,7H2,1H3,(H,13,14);7H,2-3H2,1H3,(H,5,6). The number of carbonyl (C=O) groups excluding carboxylic acids is 1. The number of carbonyl (C=O) groups is 2. The Balaban J connectivity index is 0.000000534. The molecule has 1 aromatic rings. The Hall–Kier alpha value is -1.18. The predicted molar refractivity (Wildman–Crippen MR) is 92.5 cm³/mol. The van der Waals surface area contributed by atoms with E-state index in [0.29, 0.717) is 18.1 Å². The van der Waals surface area contributed by atoms with Crippen LogP contribution in [0.1, 0.15) is 13.8 Å². The third kappa shape index (κ3) is 10.5. The first kappa shape index (κ1) is 20.8. The van der Waals surface area contributed by atoms with Crippen LogP contribution in [-0.2, 0) is 9.59 Å². The van der Waals surface area contributed by atoms with Crippen molar-refractivity contribution in [2.45, 2.75) is 24.8 Å². The van der Waals surface area contributed by atoms with E-state index in [9.17, 15) is 14.7 Å². The highest BCUT2D eigenvalue weighted by Gasteiger charge is 2.20. The molecule has 3 N–H and O–H groups in total. The van der Waals surface area contributed by atoms with Crippen LogP contribution in [0.4, 0.5) is 0 Å². The van der Waals surface area contributed by atoms with Crippen LogP contribution in [0.25, 0.3) is 0 Å². The number of aliphatic hydroxyl groups excluding tert-OH is 1. The number of hydrogen-bond acceptors (Lipinski definition) is 5. The van der Waals surface area contributed by atoms with E-state index in [0.717, 1.165) is 4.90 Å². The molecule has 0 aliphatic heterocycles. The Morgan fingerprint density at radius 1 is 1.32 bits per heavy atom. The van der Waals surface area contributed by atoms with E-state index in [-0.39, 0.29) is 5.91 Å². The number of nitrogens with one attached hydrogen (secondary N) is 1. The van der Waals surface area contributed by atoms with Gasteiger partial charge in [-0.15, -0.1) is 11.8 Å². The van der Waals surface area contributed by atoms with Crippen LogP contribution in [0, 0.1) is 5.92 Å². The molecular formula is C15H23NO4S2. The van der Waals surface area contributed by atoms with Crippen LogP contribution < -0.4 is 5.32 Å². The van der Waals surface area contributed by atoms with Gasteiger partial charge in [0.05, 0.1) is 12.0 Å². The van der Waals surface area contributed by atoms with Crippen LogP contribution in [0.5, 0.6) is 0 Å². The molecule has 1 amide bonds. The van der Waals surface area contributed by atoms with Crippen molar-refractivity contribution >= 4 is 36.3 Å². The molecule has 0 saturated heterocycles. The monoisotopic (exact) mass is 345 g/mol. The van der Waals surface area contributed by atoms with Gasteiger partial charge in [0.15, 0.2) is 0 Å². The van der Waals surface area contributed by atoms with Gasteiger partial charge < -0.3 is 15.5 Å². The van der Waals surface area contributed by atoms with E-state index in [1.165, 1.54) is 25.6 Å². The minimum absolute atomic E-state index is 0.00838. The summed E-state index contributed by atoms with van der Waals surface area (Å²) in [6.07, 6.45) is -0.812. The maximum atomic E-state index is 10.6. The molecule has 1 rings (SSSR count). The molecule has 0 radical (unpaired) electrons. The van der Waals surface area contributed by atoms with Crippen molar-refractivity contribution in [3.8, 4) is 0 Å². The van der Waals surface area contributed by atoms with Gasteiger partial charge in [-0.25, -0.2) is 0 Å². The Kier molecular flexibility index (Phi) is 11.7. The quantitative estimate of drug-likeness (QED) is 0.448. The van der Waals surface area contributed by atoms with E-state index in [1.54, 1.807) is 0 Å². The van der Waals surface area contributed by atoms with Gasteiger partial charge in [0.1, 0.15) is 0 Å². The Morgan fingerprint density at radius 3 is 2.32 bits per heavy atom. The Labute approximate surface area is 140 Å². The van der Waals surface area contributed by atoms with Gasteiger partial charge in [0.25, 0.3) is 0 Å². The summed E-state index contributed by atoms with van der Waals surface area (Å²) in [5.41, 5.74) is 0. The highest BCUT2D eigenvalue weighted by molar-refractivity contribution is 7.99. The zero-order valence-electron chi connectivity index (χ0n) is 12.7. The highest BCUT2D eigenvalue weighted by atomic mass is 32.2. The van der Waals surface area contributed by atoms with E-state index in [1.807, 2.05) is 30.3 Å². The normalized spacial score (nSPS) is 12.5. The average molecular weight is 345 g/mol. The summed E-state index contributed by atoms with van der Waals surface area (Å²) in [5, 5.41) is 20.8. The molecule has 124 valence electrons. The second-order valence-corrected chi connectivity index (χ2v) is 6.07. The van der Waals surface area contributed by atoms with Gasteiger partial charge in [0.2, 0.25) is 5.91 Å². The molecule has 1 aromatic carbocycles. The first-order chi connectivity index (χ1) is 10.4. The number of amides is 1. The van der Waals surface area contributed by atoms with Crippen LogP contribution in [0.2, 0.25) is 0 Å². The average Bonchev–Trinajstić information content (AvgIpc) is 2.51. The summed E-state index contributed by atoms with van der Waals surface area (Å²) in [5.74, 6) is -0.566. The fraction of sp³-hybridized carbons (Fsp3) is 0.467. The van der Waals surface area contributed by atoms with E-state index in [4.69, 9.17) is 5.11 Å². The molecule has 0 fully saturated rings. The van der Waals surface area contributed by atoms with E-state index in [2.05, 4.69) is 17.9 Å². The second-order valence-electron chi connectivity index (χ2n) is 4.52. The first-order valence-corrected chi connectivity index (χ1v) is 8.44.